The lowest BCUT2D eigenvalue weighted by molar-refractivity contribution is 0.922. The van der Waals surface area contributed by atoms with Crippen LogP contribution in [0.1, 0.15) is 5.56 Å². The van der Waals surface area contributed by atoms with Gasteiger partial charge in [-0.3, -0.25) is 0 Å². The predicted molar refractivity (Wildman–Crippen MR) is 46.9 cm³/mol. The Morgan fingerprint density at radius 2 is 2.42 bits per heavy atom. The molecule has 0 spiro atoms. The third-order valence-corrected chi connectivity index (χ3v) is 1.74. The van der Waals surface area contributed by atoms with Gasteiger partial charge in [0, 0.05) is 24.2 Å². The maximum Gasteiger partial charge on any atom is 0.156 e. The van der Waals surface area contributed by atoms with E-state index >= 15 is 0 Å². The Balaban J connectivity index is 2.65. The van der Waals surface area contributed by atoms with Crippen LogP contribution in [0.25, 0.3) is 5.65 Å². The van der Waals surface area contributed by atoms with E-state index in [1.807, 2.05) is 18.3 Å². The minimum atomic E-state index is 0.836. The van der Waals surface area contributed by atoms with Crippen LogP contribution in [0, 0.1) is 0 Å². The van der Waals surface area contributed by atoms with Crippen molar-refractivity contribution in [3.63, 3.8) is 0 Å². The van der Waals surface area contributed by atoms with E-state index in [9.17, 15) is 0 Å². The molecule has 0 aliphatic carbocycles. The van der Waals surface area contributed by atoms with Crippen molar-refractivity contribution in [1.29, 1.82) is 0 Å². The van der Waals surface area contributed by atoms with Crippen LogP contribution in [0.5, 0.6) is 0 Å². The third-order valence-electron chi connectivity index (χ3n) is 1.74. The molecular weight excluding hydrogens is 150 g/mol. The second-order valence-electron chi connectivity index (χ2n) is 2.54. The number of hydrogen-bond donors (Lipinski definition) is 0. The van der Waals surface area contributed by atoms with Gasteiger partial charge in [0.25, 0.3) is 0 Å². The quantitative estimate of drug-likeness (QED) is 0.621. The summed E-state index contributed by atoms with van der Waals surface area (Å²) in [4.78, 5) is 4.19. The molecule has 0 bridgehead atoms. The molecule has 0 radical (unpaired) electrons. The summed E-state index contributed by atoms with van der Waals surface area (Å²) in [6.45, 7) is 3.69. The molecule has 0 unspecified atom stereocenters. The Morgan fingerprint density at radius 3 is 3.25 bits per heavy atom. The highest BCUT2D eigenvalue weighted by atomic mass is 15.2. The van der Waals surface area contributed by atoms with E-state index in [0.717, 1.165) is 17.6 Å². The maximum atomic E-state index is 4.19. The first kappa shape index (κ1) is 7.03. The molecule has 0 N–H and O–H groups in total. The topological polar surface area (TPSA) is 30.2 Å². The summed E-state index contributed by atoms with van der Waals surface area (Å²) >= 11 is 0. The van der Waals surface area contributed by atoms with Crippen molar-refractivity contribution in [3.8, 4) is 0 Å². The molecule has 0 aliphatic heterocycles. The molecule has 0 aromatic carbocycles. The zero-order valence-corrected chi connectivity index (χ0v) is 6.64. The molecule has 0 saturated heterocycles. The standard InChI is InChI=1S/C9H9N3/c1-2-3-8-4-5-11-12-7-6-10-9(8)12/h2,4-7H,1,3H2. The lowest BCUT2D eigenvalue weighted by Gasteiger charge is -1.97. The molecule has 2 rings (SSSR count). The average Bonchev–Trinajstić information content (AvgIpc) is 2.53. The van der Waals surface area contributed by atoms with Gasteiger partial charge in [0.1, 0.15) is 0 Å². The fourth-order valence-electron chi connectivity index (χ4n) is 1.20. The summed E-state index contributed by atoms with van der Waals surface area (Å²) in [5, 5.41) is 4.10. The van der Waals surface area contributed by atoms with Gasteiger partial charge in [-0.25, -0.2) is 9.50 Å². The lowest BCUT2D eigenvalue weighted by Crippen LogP contribution is -1.93. The van der Waals surface area contributed by atoms with Crippen LogP contribution in [0.4, 0.5) is 0 Å². The molecular formula is C9H9N3. The minimum absolute atomic E-state index is 0.836. The van der Waals surface area contributed by atoms with E-state index < -0.39 is 0 Å². The Morgan fingerprint density at radius 1 is 1.50 bits per heavy atom. The number of rotatable bonds is 2. The third kappa shape index (κ3) is 0.993. The summed E-state index contributed by atoms with van der Waals surface area (Å²) in [5.74, 6) is 0. The first-order valence-corrected chi connectivity index (χ1v) is 3.80. The largest absolute Gasteiger partial charge is 0.235 e. The summed E-state index contributed by atoms with van der Waals surface area (Å²) in [6, 6.07) is 1.96. The SMILES string of the molecule is C=CCc1ccnn2ccnc12. The van der Waals surface area contributed by atoms with Crippen LogP contribution in [0.3, 0.4) is 0 Å². The maximum absolute atomic E-state index is 4.19. The van der Waals surface area contributed by atoms with Crippen molar-refractivity contribution >= 4 is 5.65 Å². The van der Waals surface area contributed by atoms with Crippen LogP contribution in [-0.2, 0) is 6.42 Å². The molecule has 60 valence electrons. The fourth-order valence-corrected chi connectivity index (χ4v) is 1.20. The molecule has 3 nitrogen and oxygen atoms in total. The van der Waals surface area contributed by atoms with E-state index in [1.165, 1.54) is 0 Å². The van der Waals surface area contributed by atoms with E-state index in [0.29, 0.717) is 0 Å². The molecule has 3 heteroatoms. The van der Waals surface area contributed by atoms with E-state index in [4.69, 9.17) is 0 Å². The van der Waals surface area contributed by atoms with Gasteiger partial charge in [0.15, 0.2) is 5.65 Å². The summed E-state index contributed by atoms with van der Waals surface area (Å²) in [6.07, 6.45) is 8.05. The predicted octanol–water partition coefficient (Wildman–Crippen LogP) is 1.46. The number of hydrogen-bond acceptors (Lipinski definition) is 2. The van der Waals surface area contributed by atoms with Crippen LogP contribution in [-0.4, -0.2) is 14.6 Å². The lowest BCUT2D eigenvalue weighted by atomic mass is 10.2. The van der Waals surface area contributed by atoms with Gasteiger partial charge >= 0.3 is 0 Å². The van der Waals surface area contributed by atoms with Gasteiger partial charge in [-0.05, 0) is 12.5 Å². The Kier molecular flexibility index (Phi) is 1.63. The van der Waals surface area contributed by atoms with Gasteiger partial charge < -0.3 is 0 Å². The van der Waals surface area contributed by atoms with Crippen molar-refractivity contribution in [2.75, 3.05) is 0 Å². The zero-order chi connectivity index (χ0) is 8.39. The monoisotopic (exact) mass is 159 g/mol. The van der Waals surface area contributed by atoms with Gasteiger partial charge in [-0.15, -0.1) is 6.58 Å². The van der Waals surface area contributed by atoms with Crippen LogP contribution < -0.4 is 0 Å². The van der Waals surface area contributed by atoms with Crippen LogP contribution in [0.2, 0.25) is 0 Å². The molecule has 0 saturated carbocycles. The molecule has 0 fully saturated rings. The van der Waals surface area contributed by atoms with Crippen molar-refractivity contribution in [1.82, 2.24) is 14.6 Å². The Labute approximate surface area is 70.4 Å². The van der Waals surface area contributed by atoms with Gasteiger partial charge in [0.05, 0.1) is 0 Å². The highest BCUT2D eigenvalue weighted by Crippen LogP contribution is 2.06. The van der Waals surface area contributed by atoms with Gasteiger partial charge in [-0.2, -0.15) is 5.10 Å². The molecule has 12 heavy (non-hydrogen) atoms. The Bertz CT molecular complexity index is 403. The molecule has 2 heterocycles. The number of allylic oxidation sites excluding steroid dienone is 1. The average molecular weight is 159 g/mol. The second kappa shape index (κ2) is 2.77. The van der Waals surface area contributed by atoms with Gasteiger partial charge in [0.2, 0.25) is 0 Å². The number of nitrogens with zero attached hydrogens (tertiary/aromatic N) is 3. The number of aromatic nitrogens is 3. The molecule has 0 amide bonds. The highest BCUT2D eigenvalue weighted by Gasteiger charge is 1.99. The van der Waals surface area contributed by atoms with E-state index in [2.05, 4.69) is 16.7 Å². The summed E-state index contributed by atoms with van der Waals surface area (Å²) < 4.78 is 1.76. The highest BCUT2D eigenvalue weighted by molar-refractivity contribution is 5.46. The first-order valence-electron chi connectivity index (χ1n) is 3.80. The van der Waals surface area contributed by atoms with E-state index in [-0.39, 0.29) is 0 Å². The van der Waals surface area contributed by atoms with Crippen LogP contribution >= 0.6 is 0 Å². The molecule has 2 aromatic rings. The van der Waals surface area contributed by atoms with Crippen molar-refractivity contribution < 1.29 is 0 Å². The van der Waals surface area contributed by atoms with Gasteiger partial charge in [-0.1, -0.05) is 6.08 Å². The zero-order valence-electron chi connectivity index (χ0n) is 6.64. The first-order chi connectivity index (χ1) is 5.92. The fraction of sp³-hybridized carbons (Fsp3) is 0.111. The number of imidazole rings is 1. The summed E-state index contributed by atoms with van der Waals surface area (Å²) in [7, 11) is 0. The minimum Gasteiger partial charge on any atom is -0.235 e. The molecule has 2 aromatic heterocycles. The van der Waals surface area contributed by atoms with Crippen molar-refractivity contribution in [3.05, 3.63) is 42.9 Å². The number of fused-ring (bicyclic) bond motifs is 1. The molecule has 0 atom stereocenters. The smallest absolute Gasteiger partial charge is 0.156 e. The van der Waals surface area contributed by atoms with Crippen molar-refractivity contribution in [2.24, 2.45) is 0 Å². The normalized spacial score (nSPS) is 10.3. The molecule has 0 aliphatic rings. The second-order valence-corrected chi connectivity index (χ2v) is 2.54. The van der Waals surface area contributed by atoms with Crippen LogP contribution in [0.15, 0.2) is 37.3 Å². The van der Waals surface area contributed by atoms with Crippen molar-refractivity contribution in [2.45, 2.75) is 6.42 Å². The van der Waals surface area contributed by atoms with E-state index in [1.54, 1.807) is 16.9 Å². The Hall–Kier alpha value is -1.64. The summed E-state index contributed by atoms with van der Waals surface area (Å²) in [5.41, 5.74) is 2.07.